The topological polar surface area (TPSA) is 84.9 Å². The van der Waals surface area contributed by atoms with Crippen molar-refractivity contribution in [3.63, 3.8) is 0 Å². The van der Waals surface area contributed by atoms with Crippen LogP contribution in [0.4, 0.5) is 4.79 Å². The van der Waals surface area contributed by atoms with E-state index in [4.69, 9.17) is 9.47 Å². The van der Waals surface area contributed by atoms with E-state index < -0.39 is 5.60 Å². The van der Waals surface area contributed by atoms with Crippen molar-refractivity contribution in [2.75, 3.05) is 6.61 Å². The van der Waals surface area contributed by atoms with Crippen LogP contribution in [0, 0.1) is 0 Å². The molecular formula is C25H29NO5S. The van der Waals surface area contributed by atoms with Crippen molar-refractivity contribution in [3.8, 4) is 17.2 Å². The quantitative estimate of drug-likeness (QED) is 0.677. The van der Waals surface area contributed by atoms with Crippen LogP contribution in [0.1, 0.15) is 50.8 Å². The summed E-state index contributed by atoms with van der Waals surface area (Å²) >= 11 is 1.04. The van der Waals surface area contributed by atoms with Gasteiger partial charge >= 0.3 is 0 Å². The van der Waals surface area contributed by atoms with E-state index in [2.05, 4.69) is 26.1 Å². The van der Waals surface area contributed by atoms with Crippen LogP contribution in [0.2, 0.25) is 0 Å². The van der Waals surface area contributed by atoms with Crippen LogP contribution < -0.4 is 14.8 Å². The molecule has 0 spiro atoms. The van der Waals surface area contributed by atoms with Gasteiger partial charge in [-0.25, -0.2) is 0 Å². The molecule has 2 amide bonds. The number of aryl methyl sites for hydroxylation is 1. The second kappa shape index (κ2) is 8.35. The fraction of sp³-hybridized carbons (Fsp3) is 0.440. The van der Waals surface area contributed by atoms with Crippen LogP contribution >= 0.6 is 11.8 Å². The molecule has 2 aliphatic rings. The monoisotopic (exact) mass is 455 g/mol. The van der Waals surface area contributed by atoms with E-state index in [0.717, 1.165) is 52.8 Å². The average Bonchev–Trinajstić information content (AvgIpc) is 3.03. The van der Waals surface area contributed by atoms with Gasteiger partial charge in [0.05, 0.1) is 5.25 Å². The Bertz CT molecular complexity index is 1040. The molecule has 2 unspecified atom stereocenters. The Morgan fingerprint density at radius 2 is 1.94 bits per heavy atom. The number of carbonyl (C=O) groups excluding carboxylic acids is 2. The molecule has 2 aromatic rings. The number of phenolic OH excluding ortho intramolecular Hbond substituents is 1. The number of amides is 2. The van der Waals surface area contributed by atoms with Crippen molar-refractivity contribution in [1.82, 2.24) is 5.32 Å². The third kappa shape index (κ3) is 4.88. The summed E-state index contributed by atoms with van der Waals surface area (Å²) in [6.45, 7) is 8.64. The molecule has 0 aliphatic carbocycles. The summed E-state index contributed by atoms with van der Waals surface area (Å²) in [4.78, 5) is 23.1. The lowest BCUT2D eigenvalue weighted by Gasteiger charge is -2.36. The third-order valence-corrected chi connectivity index (χ3v) is 6.90. The molecule has 2 N–H and O–H groups in total. The summed E-state index contributed by atoms with van der Waals surface area (Å²) in [7, 11) is 0. The molecule has 6 nitrogen and oxygen atoms in total. The maximum absolute atomic E-state index is 11.7. The Balaban J connectivity index is 1.39. The lowest BCUT2D eigenvalue weighted by molar-refractivity contribution is -0.118. The van der Waals surface area contributed by atoms with Gasteiger partial charge < -0.3 is 14.6 Å². The Kier molecular flexibility index (Phi) is 5.88. The van der Waals surface area contributed by atoms with E-state index in [9.17, 15) is 14.7 Å². The lowest BCUT2D eigenvalue weighted by atomic mass is 9.84. The number of ether oxygens (including phenoxy) is 2. The zero-order chi connectivity index (χ0) is 23.1. The molecule has 170 valence electrons. The fourth-order valence-corrected chi connectivity index (χ4v) is 4.88. The maximum Gasteiger partial charge on any atom is 0.286 e. The number of hydrogen-bond acceptors (Lipinski definition) is 6. The highest BCUT2D eigenvalue weighted by molar-refractivity contribution is 8.15. The van der Waals surface area contributed by atoms with Crippen molar-refractivity contribution >= 4 is 22.9 Å². The number of thioether (sulfide) groups is 1. The zero-order valence-electron chi connectivity index (χ0n) is 18.9. The lowest BCUT2D eigenvalue weighted by Crippen LogP contribution is -2.42. The fourth-order valence-electron chi connectivity index (χ4n) is 4.02. The highest BCUT2D eigenvalue weighted by Gasteiger charge is 2.34. The summed E-state index contributed by atoms with van der Waals surface area (Å²) in [6.07, 6.45) is 2.10. The highest BCUT2D eigenvalue weighted by atomic mass is 32.2. The van der Waals surface area contributed by atoms with Crippen molar-refractivity contribution in [3.05, 3.63) is 53.1 Å². The van der Waals surface area contributed by atoms with Crippen LogP contribution in [0.15, 0.2) is 36.4 Å². The van der Waals surface area contributed by atoms with Crippen molar-refractivity contribution in [2.45, 2.75) is 63.2 Å². The Morgan fingerprint density at radius 1 is 1.22 bits per heavy atom. The number of carbonyl (C=O) groups is 2. The van der Waals surface area contributed by atoms with Gasteiger partial charge in [0.1, 0.15) is 29.5 Å². The first-order chi connectivity index (χ1) is 15.0. The van der Waals surface area contributed by atoms with Crippen LogP contribution in [-0.4, -0.2) is 33.7 Å². The molecule has 1 fully saturated rings. The molecule has 7 heteroatoms. The summed E-state index contributed by atoms with van der Waals surface area (Å²) < 4.78 is 12.4. The second-order valence-electron chi connectivity index (χ2n) is 9.80. The van der Waals surface area contributed by atoms with E-state index in [1.807, 2.05) is 43.3 Å². The third-order valence-electron chi connectivity index (χ3n) is 5.92. The van der Waals surface area contributed by atoms with E-state index >= 15 is 0 Å². The Labute approximate surface area is 192 Å². The molecule has 2 atom stereocenters. The molecule has 2 aromatic carbocycles. The first-order valence-corrected chi connectivity index (χ1v) is 11.7. The number of benzene rings is 2. The summed E-state index contributed by atoms with van der Waals surface area (Å²) in [5.41, 5.74) is 2.21. The molecule has 0 radical (unpaired) electrons. The minimum Gasteiger partial charge on any atom is -0.508 e. The van der Waals surface area contributed by atoms with Crippen LogP contribution in [0.3, 0.4) is 0 Å². The predicted molar refractivity (Wildman–Crippen MR) is 125 cm³/mol. The molecule has 1 saturated heterocycles. The highest BCUT2D eigenvalue weighted by Crippen LogP contribution is 2.41. The van der Waals surface area contributed by atoms with E-state index in [1.54, 1.807) is 0 Å². The van der Waals surface area contributed by atoms with Gasteiger partial charge in [0.25, 0.3) is 5.24 Å². The standard InChI is InChI=1S/C25H29NO5S/c1-24(2,3)18-13-20-16(12-19(18)27)9-10-25(4,31-20)14-30-17-7-5-15(6-8-17)11-21-22(28)26-23(29)32-21/h5-8,12-13,21,27H,9-11,14H2,1-4H3,(H,26,28,29). The minimum atomic E-state index is -0.475. The number of phenols is 1. The predicted octanol–water partition coefficient (Wildman–Crippen LogP) is 4.75. The minimum absolute atomic E-state index is 0.181. The van der Waals surface area contributed by atoms with Crippen LogP contribution in [0.5, 0.6) is 17.2 Å². The average molecular weight is 456 g/mol. The summed E-state index contributed by atoms with van der Waals surface area (Å²) in [6, 6.07) is 11.4. The van der Waals surface area contributed by atoms with Gasteiger partial charge in [0.2, 0.25) is 5.91 Å². The van der Waals surface area contributed by atoms with Gasteiger partial charge in [-0.2, -0.15) is 0 Å². The van der Waals surface area contributed by atoms with Gasteiger partial charge in [-0.15, -0.1) is 0 Å². The van der Waals surface area contributed by atoms with Gasteiger partial charge in [-0.05, 0) is 67.0 Å². The molecule has 2 heterocycles. The number of hydrogen-bond donors (Lipinski definition) is 2. The van der Waals surface area contributed by atoms with E-state index in [-0.39, 0.29) is 21.8 Å². The van der Waals surface area contributed by atoms with Gasteiger partial charge in [0, 0.05) is 5.56 Å². The van der Waals surface area contributed by atoms with E-state index in [0.29, 0.717) is 18.8 Å². The number of nitrogens with one attached hydrogen (secondary N) is 1. The van der Waals surface area contributed by atoms with Crippen molar-refractivity contribution in [2.24, 2.45) is 0 Å². The molecule has 4 rings (SSSR count). The SMILES string of the molecule is CC1(COc2ccc(CC3SC(=O)NC3=O)cc2)CCc2cc(O)c(C(C)(C)C)cc2O1. The van der Waals surface area contributed by atoms with Crippen molar-refractivity contribution in [1.29, 1.82) is 0 Å². The van der Waals surface area contributed by atoms with Crippen LogP contribution in [-0.2, 0) is 23.1 Å². The normalized spacial score (nSPS) is 22.8. The Hall–Kier alpha value is -2.67. The smallest absolute Gasteiger partial charge is 0.286 e. The van der Waals surface area contributed by atoms with Gasteiger partial charge in [-0.1, -0.05) is 44.7 Å². The Morgan fingerprint density at radius 3 is 2.56 bits per heavy atom. The maximum atomic E-state index is 11.7. The number of rotatable bonds is 5. The number of imide groups is 1. The number of fused-ring (bicyclic) bond motifs is 1. The second-order valence-corrected chi connectivity index (χ2v) is 11.0. The molecule has 0 aromatic heterocycles. The summed E-state index contributed by atoms with van der Waals surface area (Å²) in [5.74, 6) is 1.62. The van der Waals surface area contributed by atoms with Crippen molar-refractivity contribution < 1.29 is 24.2 Å². The van der Waals surface area contributed by atoms with Gasteiger partial charge in [-0.3, -0.25) is 14.9 Å². The van der Waals surface area contributed by atoms with Gasteiger partial charge in [0.15, 0.2) is 0 Å². The molecule has 0 bridgehead atoms. The summed E-state index contributed by atoms with van der Waals surface area (Å²) in [5, 5.41) is 12.1. The first-order valence-electron chi connectivity index (χ1n) is 10.8. The largest absolute Gasteiger partial charge is 0.508 e. The number of aromatic hydroxyl groups is 1. The molecular weight excluding hydrogens is 426 g/mol. The first kappa shape index (κ1) is 22.5. The molecule has 32 heavy (non-hydrogen) atoms. The van der Waals surface area contributed by atoms with E-state index in [1.165, 1.54) is 0 Å². The van der Waals surface area contributed by atoms with Crippen LogP contribution in [0.25, 0.3) is 0 Å². The zero-order valence-corrected chi connectivity index (χ0v) is 19.7. The molecule has 2 aliphatic heterocycles. The molecule has 0 saturated carbocycles.